The molecule has 1 spiro atoms. The lowest BCUT2D eigenvalue weighted by atomic mass is 9.99. The van der Waals surface area contributed by atoms with E-state index >= 15 is 0 Å². The van der Waals surface area contributed by atoms with Gasteiger partial charge in [-0.05, 0) is 54.4 Å². The number of aryl methyl sites for hydroxylation is 1. The maximum atomic E-state index is 5.98. The molecule has 0 aliphatic heterocycles. The lowest BCUT2D eigenvalue weighted by Gasteiger charge is -2.07. The van der Waals surface area contributed by atoms with E-state index in [1.54, 1.807) is 5.56 Å². The predicted molar refractivity (Wildman–Crippen MR) is 50.7 cm³/mol. The van der Waals surface area contributed by atoms with Gasteiger partial charge in [-0.3, -0.25) is 0 Å². The maximum Gasteiger partial charge on any atom is 0.0409 e. The molecule has 12 heavy (non-hydrogen) atoms. The Morgan fingerprint density at radius 1 is 1.17 bits per heavy atom. The Morgan fingerprint density at radius 3 is 2.75 bits per heavy atom. The normalized spacial score (nSPS) is 22.8. The fourth-order valence-electron chi connectivity index (χ4n) is 2.44. The molecule has 0 N–H and O–H groups in total. The van der Waals surface area contributed by atoms with Gasteiger partial charge in [0.25, 0.3) is 0 Å². The number of rotatable bonds is 0. The highest BCUT2D eigenvalue weighted by Crippen LogP contribution is 2.56. The van der Waals surface area contributed by atoms with Gasteiger partial charge < -0.3 is 0 Å². The molecule has 2 aliphatic carbocycles. The van der Waals surface area contributed by atoms with Gasteiger partial charge >= 0.3 is 0 Å². The van der Waals surface area contributed by atoms with Crippen LogP contribution in [0.15, 0.2) is 18.2 Å². The largest absolute Gasteiger partial charge is 0.0843 e. The fourth-order valence-corrected chi connectivity index (χ4v) is 2.61. The average Bonchev–Trinajstić information content (AvgIpc) is 2.74. The molecular formula is C11H11Cl. The van der Waals surface area contributed by atoms with Crippen molar-refractivity contribution in [2.24, 2.45) is 0 Å². The van der Waals surface area contributed by atoms with Gasteiger partial charge in [0.05, 0.1) is 0 Å². The molecule has 0 bridgehead atoms. The Labute approximate surface area is 77.5 Å². The van der Waals surface area contributed by atoms with Crippen LogP contribution in [0.3, 0.4) is 0 Å². The third kappa shape index (κ3) is 0.791. The van der Waals surface area contributed by atoms with E-state index in [-0.39, 0.29) is 0 Å². The smallest absolute Gasteiger partial charge is 0.0409 e. The molecule has 0 aromatic heterocycles. The van der Waals surface area contributed by atoms with Gasteiger partial charge in [0.2, 0.25) is 0 Å². The van der Waals surface area contributed by atoms with Crippen LogP contribution in [0.25, 0.3) is 0 Å². The number of hydrogen-bond donors (Lipinski definition) is 0. The quantitative estimate of drug-likeness (QED) is 0.572. The molecule has 0 radical (unpaired) electrons. The monoisotopic (exact) mass is 178 g/mol. The summed E-state index contributed by atoms with van der Waals surface area (Å²) in [6, 6.07) is 6.39. The van der Waals surface area contributed by atoms with Crippen LogP contribution < -0.4 is 0 Å². The highest BCUT2D eigenvalue weighted by molar-refractivity contribution is 6.30. The summed E-state index contributed by atoms with van der Waals surface area (Å²) in [5, 5.41) is 0.905. The average molecular weight is 179 g/mol. The first-order valence-corrected chi connectivity index (χ1v) is 4.97. The Bertz CT molecular complexity index is 337. The fraction of sp³-hybridized carbons (Fsp3) is 0.455. The zero-order valence-electron chi connectivity index (χ0n) is 6.94. The summed E-state index contributed by atoms with van der Waals surface area (Å²) in [6.07, 6.45) is 5.41. The van der Waals surface area contributed by atoms with Crippen LogP contribution in [0.1, 0.15) is 30.4 Å². The molecule has 1 saturated carbocycles. The van der Waals surface area contributed by atoms with Gasteiger partial charge in [0.15, 0.2) is 0 Å². The molecule has 0 heterocycles. The lowest BCUT2D eigenvalue weighted by Crippen LogP contribution is -1.98. The second-order valence-corrected chi connectivity index (χ2v) is 4.52. The SMILES string of the molecule is Clc1ccc2c(c1)C1(CC2)CC1. The third-order valence-corrected chi connectivity index (χ3v) is 3.60. The molecule has 0 atom stereocenters. The van der Waals surface area contributed by atoms with Gasteiger partial charge in [0, 0.05) is 5.02 Å². The van der Waals surface area contributed by atoms with Crippen LogP contribution in [0.5, 0.6) is 0 Å². The van der Waals surface area contributed by atoms with Crippen molar-refractivity contribution in [3.05, 3.63) is 34.3 Å². The van der Waals surface area contributed by atoms with Crippen molar-refractivity contribution in [2.45, 2.75) is 31.1 Å². The van der Waals surface area contributed by atoms with Crippen LogP contribution in [-0.4, -0.2) is 0 Å². The first-order chi connectivity index (χ1) is 5.80. The summed E-state index contributed by atoms with van der Waals surface area (Å²) >= 11 is 5.98. The zero-order chi connectivity index (χ0) is 8.18. The van der Waals surface area contributed by atoms with Crippen LogP contribution >= 0.6 is 11.6 Å². The van der Waals surface area contributed by atoms with E-state index in [0.29, 0.717) is 5.41 Å². The number of benzene rings is 1. The predicted octanol–water partition coefficient (Wildman–Crippen LogP) is 3.32. The topological polar surface area (TPSA) is 0 Å². The van der Waals surface area contributed by atoms with Crippen LogP contribution in [0.4, 0.5) is 0 Å². The molecule has 1 heteroatoms. The van der Waals surface area contributed by atoms with E-state index in [4.69, 9.17) is 11.6 Å². The molecule has 0 amide bonds. The van der Waals surface area contributed by atoms with Gasteiger partial charge in [-0.25, -0.2) is 0 Å². The molecule has 3 rings (SSSR count). The van der Waals surface area contributed by atoms with Crippen molar-refractivity contribution in [1.82, 2.24) is 0 Å². The Balaban J connectivity index is 2.20. The number of fused-ring (bicyclic) bond motifs is 2. The number of hydrogen-bond acceptors (Lipinski definition) is 0. The molecule has 0 unspecified atom stereocenters. The molecule has 1 fully saturated rings. The summed E-state index contributed by atoms with van der Waals surface area (Å²) < 4.78 is 0. The highest BCUT2D eigenvalue weighted by atomic mass is 35.5. The summed E-state index contributed by atoms with van der Waals surface area (Å²) in [7, 11) is 0. The van der Waals surface area contributed by atoms with Gasteiger partial charge in [-0.1, -0.05) is 17.7 Å². The van der Waals surface area contributed by atoms with Crippen molar-refractivity contribution in [3.8, 4) is 0 Å². The molecule has 1 aromatic carbocycles. The van der Waals surface area contributed by atoms with E-state index in [1.165, 1.54) is 31.2 Å². The minimum Gasteiger partial charge on any atom is -0.0843 e. The number of halogens is 1. The van der Waals surface area contributed by atoms with Crippen LogP contribution in [0, 0.1) is 0 Å². The van der Waals surface area contributed by atoms with Gasteiger partial charge in [-0.2, -0.15) is 0 Å². The summed E-state index contributed by atoms with van der Waals surface area (Å²) in [4.78, 5) is 0. The second-order valence-electron chi connectivity index (χ2n) is 4.08. The molecular weight excluding hydrogens is 168 g/mol. The van der Waals surface area contributed by atoms with E-state index in [0.717, 1.165) is 5.02 Å². The Kier molecular flexibility index (Phi) is 1.19. The molecule has 2 aliphatic rings. The Morgan fingerprint density at radius 2 is 2.00 bits per heavy atom. The minimum absolute atomic E-state index is 0.584. The lowest BCUT2D eigenvalue weighted by molar-refractivity contribution is 0.681. The van der Waals surface area contributed by atoms with Crippen molar-refractivity contribution < 1.29 is 0 Å². The first kappa shape index (κ1) is 6.97. The van der Waals surface area contributed by atoms with E-state index in [2.05, 4.69) is 12.1 Å². The zero-order valence-corrected chi connectivity index (χ0v) is 7.69. The molecule has 62 valence electrons. The second kappa shape index (κ2) is 2.05. The molecule has 1 aromatic rings. The van der Waals surface area contributed by atoms with Crippen molar-refractivity contribution >= 4 is 11.6 Å². The maximum absolute atomic E-state index is 5.98. The molecule has 0 saturated heterocycles. The van der Waals surface area contributed by atoms with E-state index in [9.17, 15) is 0 Å². The minimum atomic E-state index is 0.584. The standard InChI is InChI=1S/C11H11Cl/c12-9-2-1-8-3-4-11(5-6-11)10(8)7-9/h1-2,7H,3-6H2. The van der Waals surface area contributed by atoms with Gasteiger partial charge in [0.1, 0.15) is 0 Å². The first-order valence-electron chi connectivity index (χ1n) is 4.59. The van der Waals surface area contributed by atoms with Gasteiger partial charge in [-0.15, -0.1) is 0 Å². The van der Waals surface area contributed by atoms with Crippen LogP contribution in [0.2, 0.25) is 5.02 Å². The summed E-state index contributed by atoms with van der Waals surface area (Å²) in [5.41, 5.74) is 3.67. The Hall–Kier alpha value is -0.490. The van der Waals surface area contributed by atoms with E-state index in [1.807, 2.05) is 6.07 Å². The van der Waals surface area contributed by atoms with Crippen molar-refractivity contribution in [3.63, 3.8) is 0 Å². The van der Waals surface area contributed by atoms with E-state index < -0.39 is 0 Å². The van der Waals surface area contributed by atoms with Crippen molar-refractivity contribution in [1.29, 1.82) is 0 Å². The summed E-state index contributed by atoms with van der Waals surface area (Å²) in [6.45, 7) is 0. The molecule has 0 nitrogen and oxygen atoms in total. The van der Waals surface area contributed by atoms with Crippen LogP contribution in [-0.2, 0) is 11.8 Å². The van der Waals surface area contributed by atoms with Crippen molar-refractivity contribution in [2.75, 3.05) is 0 Å². The summed E-state index contributed by atoms with van der Waals surface area (Å²) in [5.74, 6) is 0. The highest BCUT2D eigenvalue weighted by Gasteiger charge is 2.48. The third-order valence-electron chi connectivity index (χ3n) is 3.37.